The average Bonchev–Trinajstić information content (AvgIpc) is 2.28. The Morgan fingerprint density at radius 2 is 1.94 bits per heavy atom. The van der Waals surface area contributed by atoms with Gasteiger partial charge < -0.3 is 0 Å². The van der Waals surface area contributed by atoms with Crippen molar-refractivity contribution in [2.24, 2.45) is 5.92 Å². The highest BCUT2D eigenvalue weighted by atomic mass is 32.2. The second-order valence-corrected chi connectivity index (χ2v) is 5.80. The van der Waals surface area contributed by atoms with Gasteiger partial charge in [0.1, 0.15) is 0 Å². The smallest absolute Gasteiger partial charge is 0.266 e. The molecular weight excluding hydrogens is 236 g/mol. The standard InChI is InChI=1S/C13H18O3S/c1-4-5-12(3)10-16-17(14,15)13-8-6-11(2)7-9-13/h4,6-9,12H,1,5,10H2,2-3H3/t12-/m0/s1. The van der Waals surface area contributed by atoms with Crippen molar-refractivity contribution in [3.8, 4) is 0 Å². The lowest BCUT2D eigenvalue weighted by Crippen LogP contribution is -2.12. The molecule has 0 aliphatic carbocycles. The summed E-state index contributed by atoms with van der Waals surface area (Å²) in [5, 5.41) is 0. The van der Waals surface area contributed by atoms with E-state index >= 15 is 0 Å². The molecule has 0 amide bonds. The quantitative estimate of drug-likeness (QED) is 0.579. The maximum atomic E-state index is 11.8. The normalized spacial score (nSPS) is 13.3. The summed E-state index contributed by atoms with van der Waals surface area (Å²) < 4.78 is 28.6. The van der Waals surface area contributed by atoms with Crippen LogP contribution in [0.1, 0.15) is 18.9 Å². The Balaban J connectivity index is 2.69. The lowest BCUT2D eigenvalue weighted by Gasteiger charge is -2.10. The first-order valence-electron chi connectivity index (χ1n) is 5.52. The van der Waals surface area contributed by atoms with Gasteiger partial charge in [-0.25, -0.2) is 0 Å². The van der Waals surface area contributed by atoms with Gasteiger partial charge in [0, 0.05) is 0 Å². The average molecular weight is 254 g/mol. The van der Waals surface area contributed by atoms with E-state index in [1.165, 1.54) is 0 Å². The Hall–Kier alpha value is -1.13. The van der Waals surface area contributed by atoms with Crippen LogP contribution in [0.5, 0.6) is 0 Å². The van der Waals surface area contributed by atoms with Gasteiger partial charge in [0.25, 0.3) is 10.1 Å². The largest absolute Gasteiger partial charge is 0.296 e. The Morgan fingerprint density at radius 3 is 2.47 bits per heavy atom. The van der Waals surface area contributed by atoms with Crippen molar-refractivity contribution < 1.29 is 12.6 Å². The zero-order chi connectivity index (χ0) is 12.9. The van der Waals surface area contributed by atoms with Crippen LogP contribution in [0, 0.1) is 12.8 Å². The molecule has 3 nitrogen and oxygen atoms in total. The molecule has 4 heteroatoms. The van der Waals surface area contributed by atoms with Crippen molar-refractivity contribution in [1.82, 2.24) is 0 Å². The number of allylic oxidation sites excluding steroid dienone is 1. The highest BCUT2D eigenvalue weighted by molar-refractivity contribution is 7.86. The highest BCUT2D eigenvalue weighted by Crippen LogP contribution is 2.15. The molecule has 0 fully saturated rings. The molecule has 1 aromatic carbocycles. The third-order valence-electron chi connectivity index (χ3n) is 2.39. The van der Waals surface area contributed by atoms with E-state index in [9.17, 15) is 8.42 Å². The van der Waals surface area contributed by atoms with Gasteiger partial charge in [-0.3, -0.25) is 4.18 Å². The molecule has 94 valence electrons. The van der Waals surface area contributed by atoms with Crippen molar-refractivity contribution in [1.29, 1.82) is 0 Å². The molecule has 17 heavy (non-hydrogen) atoms. The second-order valence-electron chi connectivity index (χ2n) is 4.18. The van der Waals surface area contributed by atoms with Crippen molar-refractivity contribution in [2.75, 3.05) is 6.61 Å². The molecule has 0 N–H and O–H groups in total. The van der Waals surface area contributed by atoms with Crippen LogP contribution in [0.4, 0.5) is 0 Å². The van der Waals surface area contributed by atoms with Crippen molar-refractivity contribution >= 4 is 10.1 Å². The molecule has 0 bridgehead atoms. The van der Waals surface area contributed by atoms with E-state index in [1.54, 1.807) is 30.3 Å². The monoisotopic (exact) mass is 254 g/mol. The maximum Gasteiger partial charge on any atom is 0.296 e. The van der Waals surface area contributed by atoms with Crippen LogP contribution >= 0.6 is 0 Å². The van der Waals surface area contributed by atoms with Crippen molar-refractivity contribution in [3.63, 3.8) is 0 Å². The Morgan fingerprint density at radius 1 is 1.35 bits per heavy atom. The summed E-state index contributed by atoms with van der Waals surface area (Å²) in [4.78, 5) is 0.203. The fourth-order valence-corrected chi connectivity index (χ4v) is 2.35. The van der Waals surface area contributed by atoms with Gasteiger partial charge in [0.15, 0.2) is 0 Å². The van der Waals surface area contributed by atoms with Crippen LogP contribution in [0.3, 0.4) is 0 Å². The van der Waals surface area contributed by atoms with E-state index in [0.717, 1.165) is 12.0 Å². The molecule has 1 aromatic rings. The molecule has 0 aliphatic rings. The third-order valence-corrected chi connectivity index (χ3v) is 3.68. The predicted octanol–water partition coefficient (Wildman–Crippen LogP) is 2.91. The predicted molar refractivity (Wildman–Crippen MR) is 68.3 cm³/mol. The van der Waals surface area contributed by atoms with Gasteiger partial charge in [0.2, 0.25) is 0 Å². The number of hydrogen-bond donors (Lipinski definition) is 0. The zero-order valence-electron chi connectivity index (χ0n) is 10.2. The first kappa shape index (κ1) is 13.9. The van der Waals surface area contributed by atoms with Crippen LogP contribution in [0.2, 0.25) is 0 Å². The van der Waals surface area contributed by atoms with Crippen molar-refractivity contribution in [3.05, 3.63) is 42.5 Å². The summed E-state index contributed by atoms with van der Waals surface area (Å²) in [5.74, 6) is 0.146. The summed E-state index contributed by atoms with van der Waals surface area (Å²) >= 11 is 0. The lowest BCUT2D eigenvalue weighted by atomic mass is 10.1. The van der Waals surface area contributed by atoms with E-state index in [1.807, 2.05) is 13.8 Å². The first-order chi connectivity index (χ1) is 7.95. The SMILES string of the molecule is C=CC[C@H](C)COS(=O)(=O)c1ccc(C)cc1. The Labute approximate surface area is 103 Å². The molecule has 0 radical (unpaired) electrons. The van der Waals surface area contributed by atoms with Crippen LogP contribution in [-0.4, -0.2) is 15.0 Å². The van der Waals surface area contributed by atoms with Crippen LogP contribution in [0.25, 0.3) is 0 Å². The number of benzene rings is 1. The highest BCUT2D eigenvalue weighted by Gasteiger charge is 2.15. The van der Waals surface area contributed by atoms with Gasteiger partial charge in [-0.05, 0) is 31.4 Å². The molecular formula is C13H18O3S. The molecule has 1 rings (SSSR count). The lowest BCUT2D eigenvalue weighted by molar-refractivity contribution is 0.266. The van der Waals surface area contributed by atoms with E-state index in [2.05, 4.69) is 6.58 Å². The molecule has 0 heterocycles. The molecule has 0 spiro atoms. The molecule has 0 saturated carbocycles. The molecule has 0 aliphatic heterocycles. The number of aryl methyl sites for hydroxylation is 1. The van der Waals surface area contributed by atoms with Gasteiger partial charge in [-0.2, -0.15) is 8.42 Å². The van der Waals surface area contributed by atoms with Crippen LogP contribution in [-0.2, 0) is 14.3 Å². The minimum atomic E-state index is -3.62. The molecule has 0 saturated heterocycles. The van der Waals surface area contributed by atoms with E-state index < -0.39 is 10.1 Å². The van der Waals surface area contributed by atoms with Crippen LogP contribution in [0.15, 0.2) is 41.8 Å². The van der Waals surface area contributed by atoms with Gasteiger partial charge in [-0.1, -0.05) is 30.7 Å². The minimum Gasteiger partial charge on any atom is -0.266 e. The van der Waals surface area contributed by atoms with E-state index in [0.29, 0.717) is 0 Å². The zero-order valence-corrected chi connectivity index (χ0v) is 11.0. The topological polar surface area (TPSA) is 43.4 Å². The summed E-state index contributed by atoms with van der Waals surface area (Å²) in [6.45, 7) is 7.62. The number of rotatable bonds is 6. The summed E-state index contributed by atoms with van der Waals surface area (Å²) in [5.41, 5.74) is 1.02. The Bertz CT molecular complexity index is 460. The van der Waals surface area contributed by atoms with Crippen molar-refractivity contribution in [2.45, 2.75) is 25.2 Å². The third kappa shape index (κ3) is 4.32. The Kier molecular flexibility index (Phi) is 4.90. The fourth-order valence-electron chi connectivity index (χ4n) is 1.33. The maximum absolute atomic E-state index is 11.8. The summed E-state index contributed by atoms with van der Waals surface area (Å²) in [7, 11) is -3.62. The number of hydrogen-bond acceptors (Lipinski definition) is 3. The van der Waals surface area contributed by atoms with Crippen LogP contribution < -0.4 is 0 Å². The van der Waals surface area contributed by atoms with E-state index in [-0.39, 0.29) is 17.4 Å². The second kappa shape index (κ2) is 5.98. The summed E-state index contributed by atoms with van der Waals surface area (Å²) in [6, 6.07) is 6.62. The van der Waals surface area contributed by atoms with Gasteiger partial charge in [-0.15, -0.1) is 6.58 Å². The molecule has 0 aromatic heterocycles. The van der Waals surface area contributed by atoms with Gasteiger partial charge >= 0.3 is 0 Å². The molecule has 1 atom stereocenters. The first-order valence-corrected chi connectivity index (χ1v) is 6.93. The minimum absolute atomic E-state index is 0.146. The van der Waals surface area contributed by atoms with E-state index in [4.69, 9.17) is 4.18 Å². The molecule has 0 unspecified atom stereocenters. The summed E-state index contributed by atoms with van der Waals surface area (Å²) in [6.07, 6.45) is 2.50. The van der Waals surface area contributed by atoms with Gasteiger partial charge in [0.05, 0.1) is 11.5 Å². The fraction of sp³-hybridized carbons (Fsp3) is 0.385.